The maximum atomic E-state index is 11.3. The molecule has 1 aliphatic carbocycles. The van der Waals surface area contributed by atoms with E-state index in [1.54, 1.807) is 0 Å². The summed E-state index contributed by atoms with van der Waals surface area (Å²) in [7, 11) is 1.31. The molecule has 0 amide bonds. The van der Waals surface area contributed by atoms with Gasteiger partial charge >= 0.3 is 5.97 Å². The van der Waals surface area contributed by atoms with E-state index in [0.717, 1.165) is 23.7 Å². The SMILES string of the molecule is COC(=O)c1sc(OCCC2CCC2)nc1Cl. The number of nitrogens with zero attached hydrogens (tertiary/aromatic N) is 1. The molecular weight excluding hydrogens is 262 g/mol. The van der Waals surface area contributed by atoms with Crippen LogP contribution in [-0.2, 0) is 4.74 Å². The summed E-state index contributed by atoms with van der Waals surface area (Å²) < 4.78 is 10.1. The average Bonchev–Trinajstić information content (AvgIpc) is 2.62. The van der Waals surface area contributed by atoms with Gasteiger partial charge in [0, 0.05) is 0 Å². The third-order valence-corrected chi connectivity index (χ3v) is 4.25. The Morgan fingerprint density at radius 1 is 1.59 bits per heavy atom. The third kappa shape index (κ3) is 3.10. The summed E-state index contributed by atoms with van der Waals surface area (Å²) in [6.07, 6.45) is 4.98. The molecule has 0 aliphatic heterocycles. The number of rotatable bonds is 5. The Kier molecular flexibility index (Phi) is 4.23. The van der Waals surface area contributed by atoms with E-state index in [2.05, 4.69) is 9.72 Å². The highest BCUT2D eigenvalue weighted by Gasteiger charge is 2.20. The van der Waals surface area contributed by atoms with Gasteiger partial charge in [-0.3, -0.25) is 0 Å². The van der Waals surface area contributed by atoms with Crippen LogP contribution in [0.25, 0.3) is 0 Å². The maximum absolute atomic E-state index is 11.3. The summed E-state index contributed by atoms with van der Waals surface area (Å²) in [5.74, 6) is 0.326. The molecule has 1 aliphatic rings. The number of esters is 1. The van der Waals surface area contributed by atoms with E-state index in [0.29, 0.717) is 16.7 Å². The topological polar surface area (TPSA) is 48.4 Å². The summed E-state index contributed by atoms with van der Waals surface area (Å²) in [5.41, 5.74) is 0. The number of hydrogen-bond acceptors (Lipinski definition) is 5. The van der Waals surface area contributed by atoms with Crippen LogP contribution in [0.2, 0.25) is 5.15 Å². The lowest BCUT2D eigenvalue weighted by molar-refractivity contribution is 0.0606. The lowest BCUT2D eigenvalue weighted by atomic mass is 9.83. The Morgan fingerprint density at radius 3 is 2.94 bits per heavy atom. The van der Waals surface area contributed by atoms with Crippen LogP contribution in [0.5, 0.6) is 5.19 Å². The van der Waals surface area contributed by atoms with E-state index < -0.39 is 5.97 Å². The number of methoxy groups -OCH3 is 1. The quantitative estimate of drug-likeness (QED) is 0.775. The van der Waals surface area contributed by atoms with Crippen molar-refractivity contribution in [3.8, 4) is 5.19 Å². The van der Waals surface area contributed by atoms with Crippen molar-refractivity contribution in [3.05, 3.63) is 10.0 Å². The first-order chi connectivity index (χ1) is 8.20. The van der Waals surface area contributed by atoms with Crippen molar-refractivity contribution >= 4 is 28.9 Å². The molecular formula is C11H14ClNO3S. The highest BCUT2D eigenvalue weighted by Crippen LogP contribution is 2.31. The molecule has 1 fully saturated rings. The molecule has 1 heterocycles. The Balaban J connectivity index is 1.85. The lowest BCUT2D eigenvalue weighted by Crippen LogP contribution is -2.14. The van der Waals surface area contributed by atoms with Crippen molar-refractivity contribution in [3.63, 3.8) is 0 Å². The Bertz CT molecular complexity index is 403. The maximum Gasteiger partial charge on any atom is 0.351 e. The van der Waals surface area contributed by atoms with Gasteiger partial charge in [-0.25, -0.2) is 4.79 Å². The van der Waals surface area contributed by atoms with Crippen molar-refractivity contribution in [1.29, 1.82) is 0 Å². The molecule has 0 radical (unpaired) electrons. The second-order valence-corrected chi connectivity index (χ2v) is 5.34. The smallest absolute Gasteiger partial charge is 0.351 e. The van der Waals surface area contributed by atoms with E-state index in [-0.39, 0.29) is 5.15 Å². The van der Waals surface area contributed by atoms with Crippen LogP contribution in [0.15, 0.2) is 0 Å². The molecule has 1 saturated carbocycles. The molecule has 4 nitrogen and oxygen atoms in total. The van der Waals surface area contributed by atoms with Crippen LogP contribution in [-0.4, -0.2) is 24.7 Å². The minimum atomic E-state index is -0.471. The van der Waals surface area contributed by atoms with Gasteiger partial charge < -0.3 is 9.47 Å². The molecule has 0 unspecified atom stereocenters. The fourth-order valence-electron chi connectivity index (χ4n) is 1.66. The zero-order valence-electron chi connectivity index (χ0n) is 9.57. The summed E-state index contributed by atoms with van der Waals surface area (Å²) in [6, 6.07) is 0. The first kappa shape index (κ1) is 12.6. The molecule has 2 rings (SSSR count). The van der Waals surface area contributed by atoms with Crippen molar-refractivity contribution in [2.75, 3.05) is 13.7 Å². The Labute approximate surface area is 109 Å². The van der Waals surface area contributed by atoms with Gasteiger partial charge in [0.2, 0.25) is 0 Å². The number of aromatic nitrogens is 1. The van der Waals surface area contributed by atoms with Crippen LogP contribution in [0.4, 0.5) is 0 Å². The fraction of sp³-hybridized carbons (Fsp3) is 0.636. The van der Waals surface area contributed by atoms with E-state index in [1.165, 1.54) is 26.4 Å². The molecule has 94 valence electrons. The van der Waals surface area contributed by atoms with Crippen molar-refractivity contribution < 1.29 is 14.3 Å². The molecule has 0 spiro atoms. The highest BCUT2D eigenvalue weighted by molar-refractivity contribution is 7.15. The monoisotopic (exact) mass is 275 g/mol. The van der Waals surface area contributed by atoms with Crippen molar-refractivity contribution in [1.82, 2.24) is 4.98 Å². The molecule has 0 bridgehead atoms. The third-order valence-electron chi connectivity index (χ3n) is 2.91. The molecule has 0 atom stereocenters. The average molecular weight is 276 g/mol. The molecule has 1 aromatic heterocycles. The minimum Gasteiger partial charge on any atom is -0.470 e. The highest BCUT2D eigenvalue weighted by atomic mass is 35.5. The number of hydrogen-bond donors (Lipinski definition) is 0. The van der Waals surface area contributed by atoms with Gasteiger partial charge in [0.05, 0.1) is 13.7 Å². The van der Waals surface area contributed by atoms with Crippen LogP contribution < -0.4 is 4.74 Å². The zero-order chi connectivity index (χ0) is 12.3. The number of carbonyl (C=O) groups is 1. The second-order valence-electron chi connectivity index (χ2n) is 4.03. The van der Waals surface area contributed by atoms with Gasteiger partial charge in [-0.15, -0.1) is 0 Å². The second kappa shape index (κ2) is 5.69. The summed E-state index contributed by atoms with van der Waals surface area (Å²) in [4.78, 5) is 15.6. The van der Waals surface area contributed by atoms with Gasteiger partial charge in [-0.05, 0) is 12.3 Å². The summed E-state index contributed by atoms with van der Waals surface area (Å²) >= 11 is 6.95. The predicted molar refractivity (Wildman–Crippen MR) is 65.9 cm³/mol. The summed E-state index contributed by atoms with van der Waals surface area (Å²) in [5, 5.41) is 0.593. The first-order valence-electron chi connectivity index (χ1n) is 5.58. The van der Waals surface area contributed by atoms with Crippen LogP contribution in [0.1, 0.15) is 35.4 Å². The van der Waals surface area contributed by atoms with Crippen molar-refractivity contribution in [2.45, 2.75) is 25.7 Å². The van der Waals surface area contributed by atoms with Crippen LogP contribution >= 0.6 is 22.9 Å². The van der Waals surface area contributed by atoms with E-state index in [9.17, 15) is 4.79 Å². The predicted octanol–water partition coefficient (Wildman–Crippen LogP) is 3.15. The molecule has 17 heavy (non-hydrogen) atoms. The van der Waals surface area contributed by atoms with Crippen LogP contribution in [0, 0.1) is 5.92 Å². The van der Waals surface area contributed by atoms with E-state index in [1.807, 2.05) is 0 Å². The van der Waals surface area contributed by atoms with E-state index in [4.69, 9.17) is 16.3 Å². The van der Waals surface area contributed by atoms with Crippen LogP contribution in [0.3, 0.4) is 0 Å². The largest absolute Gasteiger partial charge is 0.470 e. The van der Waals surface area contributed by atoms with Gasteiger partial charge in [0.1, 0.15) is 0 Å². The number of carbonyl (C=O) groups excluding carboxylic acids is 1. The Hall–Kier alpha value is -0.810. The number of halogens is 1. The molecule has 0 N–H and O–H groups in total. The van der Waals surface area contributed by atoms with Gasteiger partial charge in [-0.1, -0.05) is 42.2 Å². The first-order valence-corrected chi connectivity index (χ1v) is 6.77. The lowest BCUT2D eigenvalue weighted by Gasteiger charge is -2.24. The minimum absolute atomic E-state index is 0.153. The summed E-state index contributed by atoms with van der Waals surface area (Å²) in [6.45, 7) is 0.634. The number of ether oxygens (including phenoxy) is 2. The molecule has 0 aromatic carbocycles. The van der Waals surface area contributed by atoms with Gasteiger partial charge in [0.15, 0.2) is 10.0 Å². The number of thiazole rings is 1. The van der Waals surface area contributed by atoms with Crippen molar-refractivity contribution in [2.24, 2.45) is 5.92 Å². The molecule has 0 saturated heterocycles. The fourth-order valence-corrected chi connectivity index (χ4v) is 2.73. The molecule has 6 heteroatoms. The van der Waals surface area contributed by atoms with Gasteiger partial charge in [0.25, 0.3) is 5.19 Å². The zero-order valence-corrected chi connectivity index (χ0v) is 11.1. The van der Waals surface area contributed by atoms with Gasteiger partial charge in [-0.2, -0.15) is 4.98 Å². The standard InChI is InChI=1S/C11H14ClNO3S/c1-15-10(14)8-9(12)13-11(17-8)16-6-5-7-3-2-4-7/h7H,2-6H2,1H3. The van der Waals surface area contributed by atoms with E-state index >= 15 is 0 Å². The normalized spacial score (nSPS) is 15.4. The molecule has 1 aromatic rings. The Morgan fingerprint density at radius 2 is 2.35 bits per heavy atom.